The van der Waals surface area contributed by atoms with E-state index in [0.29, 0.717) is 6.04 Å². The summed E-state index contributed by atoms with van der Waals surface area (Å²) >= 11 is 2.02. The van der Waals surface area contributed by atoms with Gasteiger partial charge in [0, 0.05) is 35.6 Å². The van der Waals surface area contributed by atoms with Crippen molar-refractivity contribution in [3.05, 3.63) is 42.2 Å². The van der Waals surface area contributed by atoms with Gasteiger partial charge in [0.05, 0.1) is 0 Å². The third kappa shape index (κ3) is 2.99. The third-order valence-electron chi connectivity index (χ3n) is 4.33. The molecule has 3 rings (SSSR count). The summed E-state index contributed by atoms with van der Waals surface area (Å²) in [6, 6.07) is 9.28. The van der Waals surface area contributed by atoms with Gasteiger partial charge in [-0.05, 0) is 36.1 Å². The van der Waals surface area contributed by atoms with Crippen molar-refractivity contribution in [3.8, 4) is 0 Å². The third-order valence-corrected chi connectivity index (χ3v) is 5.50. The summed E-state index contributed by atoms with van der Waals surface area (Å²) in [4.78, 5) is 4.21. The number of nitrogens with one attached hydrogen (secondary N) is 1. The number of hydrogen-bond acceptors (Lipinski definition) is 3. The number of benzene rings is 1. The Kier molecular flexibility index (Phi) is 4.58. The first-order valence-corrected chi connectivity index (χ1v) is 8.75. The summed E-state index contributed by atoms with van der Waals surface area (Å²) in [6.07, 6.45) is 11.5. The predicted octanol–water partition coefficient (Wildman–Crippen LogP) is 4.00. The lowest BCUT2D eigenvalue weighted by atomic mass is 9.94. The highest BCUT2D eigenvalue weighted by atomic mass is 32.2. The van der Waals surface area contributed by atoms with E-state index in [1.807, 2.05) is 24.2 Å². The fourth-order valence-corrected chi connectivity index (χ4v) is 4.16. The van der Waals surface area contributed by atoms with Gasteiger partial charge in [-0.3, -0.25) is 4.98 Å². The van der Waals surface area contributed by atoms with Crippen molar-refractivity contribution in [1.82, 2.24) is 10.3 Å². The summed E-state index contributed by atoms with van der Waals surface area (Å²) in [6.45, 7) is 0.961. The Morgan fingerprint density at radius 3 is 3.05 bits per heavy atom. The smallest absolute Gasteiger partial charge is 0.0346 e. The van der Waals surface area contributed by atoms with E-state index in [4.69, 9.17) is 0 Å². The molecule has 1 aliphatic rings. The highest BCUT2D eigenvalue weighted by molar-refractivity contribution is 7.99. The molecule has 0 aliphatic heterocycles. The van der Waals surface area contributed by atoms with Crippen molar-refractivity contribution in [1.29, 1.82) is 0 Å². The first-order chi connectivity index (χ1) is 9.88. The SMILES string of the molecule is CSC1CCCCC1NCc1cccc2cnccc12. The number of rotatable bonds is 4. The fourth-order valence-electron chi connectivity index (χ4n) is 3.20. The van der Waals surface area contributed by atoms with Crippen molar-refractivity contribution in [2.24, 2.45) is 0 Å². The summed E-state index contributed by atoms with van der Waals surface area (Å²) in [7, 11) is 0. The minimum atomic E-state index is 0.663. The standard InChI is InChI=1S/C17H22N2S/c1-20-17-8-3-2-7-16(17)19-12-14-6-4-5-13-11-18-10-9-15(13)14/h4-6,9-11,16-17,19H,2-3,7-8,12H2,1H3. The molecule has 1 aromatic carbocycles. The minimum absolute atomic E-state index is 0.663. The van der Waals surface area contributed by atoms with E-state index < -0.39 is 0 Å². The molecule has 0 spiro atoms. The Balaban J connectivity index is 1.73. The lowest BCUT2D eigenvalue weighted by Crippen LogP contribution is -2.39. The minimum Gasteiger partial charge on any atom is -0.309 e. The van der Waals surface area contributed by atoms with Gasteiger partial charge in [0.2, 0.25) is 0 Å². The zero-order valence-corrected chi connectivity index (χ0v) is 12.8. The molecule has 2 unspecified atom stereocenters. The maximum Gasteiger partial charge on any atom is 0.0346 e. The van der Waals surface area contributed by atoms with Gasteiger partial charge in [0.25, 0.3) is 0 Å². The second-order valence-electron chi connectivity index (χ2n) is 5.56. The van der Waals surface area contributed by atoms with Crippen LogP contribution in [0.5, 0.6) is 0 Å². The molecule has 1 N–H and O–H groups in total. The Labute approximate surface area is 125 Å². The molecule has 2 aromatic rings. The van der Waals surface area contributed by atoms with Crippen LogP contribution in [0.15, 0.2) is 36.7 Å². The first kappa shape index (κ1) is 13.9. The van der Waals surface area contributed by atoms with Crippen LogP contribution in [-0.2, 0) is 6.54 Å². The lowest BCUT2D eigenvalue weighted by molar-refractivity contribution is 0.383. The highest BCUT2D eigenvalue weighted by Crippen LogP contribution is 2.27. The molecular formula is C17H22N2S. The molecule has 2 atom stereocenters. The van der Waals surface area contributed by atoms with E-state index in [9.17, 15) is 0 Å². The number of aromatic nitrogens is 1. The van der Waals surface area contributed by atoms with Crippen LogP contribution < -0.4 is 5.32 Å². The second kappa shape index (κ2) is 6.59. The van der Waals surface area contributed by atoms with Gasteiger partial charge >= 0.3 is 0 Å². The second-order valence-corrected chi connectivity index (χ2v) is 6.64. The van der Waals surface area contributed by atoms with Crippen molar-refractivity contribution in [3.63, 3.8) is 0 Å². The van der Waals surface area contributed by atoms with Crippen LogP contribution in [0.2, 0.25) is 0 Å². The van der Waals surface area contributed by atoms with Crippen LogP contribution in [0.1, 0.15) is 31.2 Å². The zero-order chi connectivity index (χ0) is 13.8. The number of fused-ring (bicyclic) bond motifs is 1. The fraction of sp³-hybridized carbons (Fsp3) is 0.471. The maximum atomic E-state index is 4.21. The average molecular weight is 286 g/mol. The molecule has 1 aliphatic carbocycles. The largest absolute Gasteiger partial charge is 0.309 e. The van der Waals surface area contributed by atoms with Gasteiger partial charge < -0.3 is 5.32 Å². The van der Waals surface area contributed by atoms with Crippen molar-refractivity contribution >= 4 is 22.5 Å². The molecule has 1 fully saturated rings. The van der Waals surface area contributed by atoms with Gasteiger partial charge in [0.1, 0.15) is 0 Å². The monoisotopic (exact) mass is 286 g/mol. The van der Waals surface area contributed by atoms with Gasteiger partial charge in [-0.2, -0.15) is 11.8 Å². The number of pyridine rings is 1. The number of hydrogen-bond donors (Lipinski definition) is 1. The van der Waals surface area contributed by atoms with Crippen LogP contribution in [-0.4, -0.2) is 22.5 Å². The Morgan fingerprint density at radius 1 is 1.25 bits per heavy atom. The molecular weight excluding hydrogens is 264 g/mol. The summed E-state index contributed by atoms with van der Waals surface area (Å²) < 4.78 is 0. The van der Waals surface area contributed by atoms with E-state index in [2.05, 4.69) is 40.8 Å². The van der Waals surface area contributed by atoms with E-state index in [1.165, 1.54) is 42.0 Å². The van der Waals surface area contributed by atoms with Crippen LogP contribution in [0, 0.1) is 0 Å². The Morgan fingerprint density at radius 2 is 2.15 bits per heavy atom. The highest BCUT2D eigenvalue weighted by Gasteiger charge is 2.23. The summed E-state index contributed by atoms with van der Waals surface area (Å²) in [5.74, 6) is 0. The molecule has 1 aromatic heterocycles. The van der Waals surface area contributed by atoms with E-state index >= 15 is 0 Å². The molecule has 3 heteroatoms. The summed E-state index contributed by atoms with van der Waals surface area (Å²) in [5.41, 5.74) is 1.38. The Hall–Kier alpha value is -1.06. The van der Waals surface area contributed by atoms with Gasteiger partial charge in [-0.1, -0.05) is 31.0 Å². The summed E-state index contributed by atoms with van der Waals surface area (Å²) in [5, 5.41) is 7.13. The van der Waals surface area contributed by atoms with Crippen LogP contribution >= 0.6 is 11.8 Å². The van der Waals surface area contributed by atoms with Crippen LogP contribution in [0.3, 0.4) is 0 Å². The van der Waals surface area contributed by atoms with Gasteiger partial charge in [-0.25, -0.2) is 0 Å². The predicted molar refractivity (Wildman–Crippen MR) is 88.1 cm³/mol. The quantitative estimate of drug-likeness (QED) is 0.919. The molecule has 1 saturated carbocycles. The van der Waals surface area contributed by atoms with Crippen LogP contribution in [0.4, 0.5) is 0 Å². The first-order valence-electron chi connectivity index (χ1n) is 7.46. The van der Waals surface area contributed by atoms with Crippen molar-refractivity contribution in [2.45, 2.75) is 43.5 Å². The lowest BCUT2D eigenvalue weighted by Gasteiger charge is -2.31. The molecule has 2 nitrogen and oxygen atoms in total. The van der Waals surface area contributed by atoms with Crippen molar-refractivity contribution < 1.29 is 0 Å². The molecule has 0 radical (unpaired) electrons. The Bertz CT molecular complexity index is 564. The molecule has 20 heavy (non-hydrogen) atoms. The molecule has 106 valence electrons. The average Bonchev–Trinajstić information content (AvgIpc) is 2.53. The van der Waals surface area contributed by atoms with Crippen LogP contribution in [0.25, 0.3) is 10.8 Å². The van der Waals surface area contributed by atoms with E-state index in [-0.39, 0.29) is 0 Å². The van der Waals surface area contributed by atoms with Gasteiger partial charge in [0.15, 0.2) is 0 Å². The van der Waals surface area contributed by atoms with E-state index in [1.54, 1.807) is 0 Å². The number of thioether (sulfide) groups is 1. The molecule has 0 amide bonds. The molecule has 0 saturated heterocycles. The van der Waals surface area contributed by atoms with Crippen molar-refractivity contribution in [2.75, 3.05) is 6.26 Å². The van der Waals surface area contributed by atoms with E-state index in [0.717, 1.165) is 11.8 Å². The molecule has 0 bridgehead atoms. The van der Waals surface area contributed by atoms with Gasteiger partial charge in [-0.15, -0.1) is 0 Å². The normalized spacial score (nSPS) is 23.1. The number of nitrogens with zero attached hydrogens (tertiary/aromatic N) is 1. The topological polar surface area (TPSA) is 24.9 Å². The molecule has 1 heterocycles. The maximum absolute atomic E-state index is 4.21. The zero-order valence-electron chi connectivity index (χ0n) is 12.0.